The van der Waals surface area contributed by atoms with Gasteiger partial charge < -0.3 is 4.98 Å². The minimum absolute atomic E-state index is 0.891. The molecule has 2 nitrogen and oxygen atoms in total. The first-order valence-corrected chi connectivity index (χ1v) is 7.41. The Hall–Kier alpha value is -0.790. The Morgan fingerprint density at radius 1 is 1.18 bits per heavy atom. The summed E-state index contributed by atoms with van der Waals surface area (Å²) < 4.78 is 0. The van der Waals surface area contributed by atoms with Gasteiger partial charge in [0.2, 0.25) is 0 Å². The van der Waals surface area contributed by atoms with Gasteiger partial charge in [-0.1, -0.05) is 39.0 Å². The molecule has 0 aromatic carbocycles. The third kappa shape index (κ3) is 2.41. The molecule has 1 heterocycles. The molecule has 1 unspecified atom stereocenters. The summed E-state index contributed by atoms with van der Waals surface area (Å²) in [4.78, 5) is 8.44. The summed E-state index contributed by atoms with van der Waals surface area (Å²) in [5.41, 5.74) is 2.83. The third-order valence-corrected chi connectivity index (χ3v) is 4.73. The van der Waals surface area contributed by atoms with E-state index in [4.69, 9.17) is 4.98 Å². The maximum absolute atomic E-state index is 4.83. The molecule has 1 saturated carbocycles. The van der Waals surface area contributed by atoms with E-state index in [9.17, 15) is 0 Å². The van der Waals surface area contributed by atoms with Gasteiger partial charge in [-0.3, -0.25) is 0 Å². The van der Waals surface area contributed by atoms with Crippen LogP contribution in [0.1, 0.15) is 62.7 Å². The fourth-order valence-electron chi connectivity index (χ4n) is 3.54. The maximum Gasteiger partial charge on any atom is 0.106 e. The lowest BCUT2D eigenvalue weighted by molar-refractivity contribution is 0.438. The van der Waals surface area contributed by atoms with Gasteiger partial charge in [-0.15, -0.1) is 0 Å². The highest BCUT2D eigenvalue weighted by Crippen LogP contribution is 2.30. The van der Waals surface area contributed by atoms with Crippen molar-refractivity contribution in [1.29, 1.82) is 0 Å². The van der Waals surface area contributed by atoms with Crippen molar-refractivity contribution in [3.8, 4) is 0 Å². The average Bonchev–Trinajstić information content (AvgIpc) is 2.96. The van der Waals surface area contributed by atoms with Gasteiger partial charge in [-0.25, -0.2) is 4.98 Å². The molecule has 0 aliphatic heterocycles. The van der Waals surface area contributed by atoms with Crippen molar-refractivity contribution >= 4 is 0 Å². The van der Waals surface area contributed by atoms with Crippen LogP contribution >= 0.6 is 0 Å². The Labute approximate surface area is 104 Å². The van der Waals surface area contributed by atoms with Crippen molar-refractivity contribution in [2.75, 3.05) is 0 Å². The normalized spacial score (nSPS) is 25.1. The monoisotopic (exact) mass is 232 g/mol. The van der Waals surface area contributed by atoms with Crippen LogP contribution in [-0.4, -0.2) is 9.97 Å². The van der Waals surface area contributed by atoms with E-state index in [1.165, 1.54) is 75.0 Å². The van der Waals surface area contributed by atoms with E-state index in [0.717, 1.165) is 11.8 Å². The summed E-state index contributed by atoms with van der Waals surface area (Å²) in [6, 6.07) is 0. The zero-order valence-corrected chi connectivity index (χ0v) is 11.0. The number of rotatable bonds is 3. The fraction of sp³-hybridized carbons (Fsp3) is 0.800. The highest BCUT2D eigenvalue weighted by atomic mass is 14.9. The molecule has 1 aromatic rings. The standard InChI is InChI=1S/C15H24N2/c1-2-11-7-8-13-14(9-11)17-15(16-13)10-12-5-3-4-6-12/h11-12H,2-10H2,1H3,(H,16,17). The molecule has 94 valence electrons. The molecule has 1 atom stereocenters. The van der Waals surface area contributed by atoms with E-state index in [0.29, 0.717) is 0 Å². The van der Waals surface area contributed by atoms with Crippen LogP contribution in [0.25, 0.3) is 0 Å². The van der Waals surface area contributed by atoms with E-state index < -0.39 is 0 Å². The number of imidazole rings is 1. The predicted molar refractivity (Wildman–Crippen MR) is 70.1 cm³/mol. The van der Waals surface area contributed by atoms with Gasteiger partial charge in [0, 0.05) is 12.1 Å². The van der Waals surface area contributed by atoms with Crippen LogP contribution in [-0.2, 0) is 19.3 Å². The molecule has 17 heavy (non-hydrogen) atoms. The second kappa shape index (κ2) is 4.83. The van der Waals surface area contributed by atoms with E-state index >= 15 is 0 Å². The highest BCUT2D eigenvalue weighted by Gasteiger charge is 2.22. The molecule has 1 aromatic heterocycles. The number of hydrogen-bond donors (Lipinski definition) is 1. The van der Waals surface area contributed by atoms with Crippen molar-refractivity contribution in [3.63, 3.8) is 0 Å². The van der Waals surface area contributed by atoms with Gasteiger partial charge in [0.05, 0.1) is 5.69 Å². The Balaban J connectivity index is 1.69. The second-order valence-corrected chi connectivity index (χ2v) is 5.98. The van der Waals surface area contributed by atoms with Crippen LogP contribution in [0.15, 0.2) is 0 Å². The summed E-state index contributed by atoms with van der Waals surface area (Å²) in [5, 5.41) is 0. The van der Waals surface area contributed by atoms with Crippen molar-refractivity contribution < 1.29 is 0 Å². The molecule has 0 amide bonds. The summed E-state index contributed by atoms with van der Waals surface area (Å²) >= 11 is 0. The Morgan fingerprint density at radius 2 is 2.00 bits per heavy atom. The van der Waals surface area contributed by atoms with E-state index in [2.05, 4.69) is 11.9 Å². The van der Waals surface area contributed by atoms with Crippen LogP contribution in [0.3, 0.4) is 0 Å². The number of aryl methyl sites for hydroxylation is 1. The molecule has 2 aliphatic rings. The van der Waals surface area contributed by atoms with Crippen molar-refractivity contribution in [1.82, 2.24) is 9.97 Å². The molecular formula is C15H24N2. The summed E-state index contributed by atoms with van der Waals surface area (Å²) in [5.74, 6) is 3.07. The first-order valence-electron chi connectivity index (χ1n) is 7.41. The minimum atomic E-state index is 0.891. The number of nitrogens with zero attached hydrogens (tertiary/aromatic N) is 1. The van der Waals surface area contributed by atoms with Crippen molar-refractivity contribution in [3.05, 3.63) is 17.2 Å². The SMILES string of the molecule is CCC1CCc2nc(CC3CCCC3)[nH]c2C1. The summed E-state index contributed by atoms with van der Waals surface area (Å²) in [6.45, 7) is 2.31. The van der Waals surface area contributed by atoms with Crippen LogP contribution in [0.4, 0.5) is 0 Å². The fourth-order valence-corrected chi connectivity index (χ4v) is 3.54. The topological polar surface area (TPSA) is 28.7 Å². The Kier molecular flexibility index (Phi) is 3.21. The van der Waals surface area contributed by atoms with Gasteiger partial charge in [-0.05, 0) is 31.1 Å². The average molecular weight is 232 g/mol. The Morgan fingerprint density at radius 3 is 2.76 bits per heavy atom. The Bertz CT molecular complexity index is 374. The molecule has 0 saturated heterocycles. The molecule has 2 heteroatoms. The van der Waals surface area contributed by atoms with E-state index in [-0.39, 0.29) is 0 Å². The van der Waals surface area contributed by atoms with Crippen molar-refractivity contribution in [2.24, 2.45) is 11.8 Å². The van der Waals surface area contributed by atoms with Gasteiger partial charge in [-0.2, -0.15) is 0 Å². The zero-order chi connectivity index (χ0) is 11.7. The van der Waals surface area contributed by atoms with Crippen LogP contribution in [0.5, 0.6) is 0 Å². The molecule has 3 rings (SSSR count). The predicted octanol–water partition coefficient (Wildman–Crippen LogP) is 3.66. The van der Waals surface area contributed by atoms with Gasteiger partial charge in [0.25, 0.3) is 0 Å². The van der Waals surface area contributed by atoms with E-state index in [1.54, 1.807) is 0 Å². The van der Waals surface area contributed by atoms with Crippen LogP contribution < -0.4 is 0 Å². The number of fused-ring (bicyclic) bond motifs is 1. The number of nitrogens with one attached hydrogen (secondary N) is 1. The number of H-pyrrole nitrogens is 1. The lowest BCUT2D eigenvalue weighted by atomic mass is 9.88. The maximum atomic E-state index is 4.83. The lowest BCUT2D eigenvalue weighted by Gasteiger charge is -2.19. The number of aromatic amines is 1. The largest absolute Gasteiger partial charge is 0.346 e. The molecule has 1 fully saturated rings. The summed E-state index contributed by atoms with van der Waals surface area (Å²) in [6.07, 6.45) is 12.0. The highest BCUT2D eigenvalue weighted by molar-refractivity contribution is 5.19. The van der Waals surface area contributed by atoms with Crippen LogP contribution in [0.2, 0.25) is 0 Å². The molecular weight excluding hydrogens is 208 g/mol. The molecule has 0 spiro atoms. The molecule has 1 N–H and O–H groups in total. The van der Waals surface area contributed by atoms with Gasteiger partial charge in [0.1, 0.15) is 5.82 Å². The third-order valence-electron chi connectivity index (χ3n) is 4.73. The van der Waals surface area contributed by atoms with Gasteiger partial charge >= 0.3 is 0 Å². The second-order valence-electron chi connectivity index (χ2n) is 5.98. The summed E-state index contributed by atoms with van der Waals surface area (Å²) in [7, 11) is 0. The first-order chi connectivity index (χ1) is 8.35. The zero-order valence-electron chi connectivity index (χ0n) is 11.0. The number of hydrogen-bond acceptors (Lipinski definition) is 1. The minimum Gasteiger partial charge on any atom is -0.346 e. The first kappa shape index (κ1) is 11.3. The lowest BCUT2D eigenvalue weighted by Crippen LogP contribution is -2.12. The van der Waals surface area contributed by atoms with Crippen LogP contribution in [0, 0.1) is 11.8 Å². The van der Waals surface area contributed by atoms with E-state index in [1.807, 2.05) is 0 Å². The smallest absolute Gasteiger partial charge is 0.106 e. The van der Waals surface area contributed by atoms with Crippen molar-refractivity contribution in [2.45, 2.75) is 64.7 Å². The molecule has 0 radical (unpaired) electrons. The quantitative estimate of drug-likeness (QED) is 0.846. The molecule has 0 bridgehead atoms. The van der Waals surface area contributed by atoms with Gasteiger partial charge in [0.15, 0.2) is 0 Å². The number of aromatic nitrogens is 2. The molecule has 2 aliphatic carbocycles.